The van der Waals surface area contributed by atoms with Crippen molar-refractivity contribution in [2.75, 3.05) is 0 Å². The number of nitrogens with zero attached hydrogens (tertiary/aromatic N) is 1. The maximum absolute atomic E-state index is 5.82. The van der Waals surface area contributed by atoms with Crippen LogP contribution in [0.4, 0.5) is 0 Å². The molecule has 0 heterocycles. The third-order valence-corrected chi connectivity index (χ3v) is 2.15. The Hall–Kier alpha value is -1.02. The fraction of sp³-hybridized carbons (Fsp3) is 0.300. The molecular weight excluding hydrogens is 184 g/mol. The first-order valence-electron chi connectivity index (χ1n) is 4.23. The molecule has 0 aromatic carbocycles. The first-order valence-corrected chi connectivity index (χ1v) is 4.61. The van der Waals surface area contributed by atoms with Crippen LogP contribution < -0.4 is 5.73 Å². The van der Waals surface area contributed by atoms with E-state index in [1.165, 1.54) is 0 Å². The minimum absolute atomic E-state index is 0.721. The average molecular weight is 197 g/mol. The van der Waals surface area contributed by atoms with Crippen molar-refractivity contribution in [1.82, 2.24) is 0 Å². The Labute approximate surface area is 83.5 Å². The summed E-state index contributed by atoms with van der Waals surface area (Å²) in [6.07, 6.45) is 8.98. The molecule has 3 heteroatoms. The summed E-state index contributed by atoms with van der Waals surface area (Å²) in [5.41, 5.74) is 7.61. The predicted molar refractivity (Wildman–Crippen MR) is 57.7 cm³/mol. The molecule has 2 N–H and O–H groups in total. The van der Waals surface area contributed by atoms with Crippen LogP contribution in [-0.4, -0.2) is 6.21 Å². The zero-order chi connectivity index (χ0) is 9.68. The normalized spacial score (nSPS) is 18.8. The lowest BCUT2D eigenvalue weighted by Gasteiger charge is -2.10. The van der Waals surface area contributed by atoms with E-state index in [9.17, 15) is 0 Å². The van der Waals surface area contributed by atoms with Gasteiger partial charge < -0.3 is 5.73 Å². The van der Waals surface area contributed by atoms with Crippen LogP contribution in [0.25, 0.3) is 0 Å². The summed E-state index contributed by atoms with van der Waals surface area (Å²) < 4.78 is 0. The summed E-state index contributed by atoms with van der Waals surface area (Å²) in [5.74, 6) is 0. The Kier molecular flexibility index (Phi) is 3.77. The molecule has 0 saturated heterocycles. The molecule has 1 rings (SSSR count). The zero-order valence-corrected chi connectivity index (χ0v) is 8.38. The third-order valence-electron chi connectivity index (χ3n) is 1.83. The highest BCUT2D eigenvalue weighted by Crippen LogP contribution is 2.23. The van der Waals surface area contributed by atoms with Gasteiger partial charge >= 0.3 is 0 Å². The van der Waals surface area contributed by atoms with Gasteiger partial charge in [-0.15, -0.1) is 0 Å². The number of rotatable bonds is 2. The molecule has 0 aromatic heterocycles. The van der Waals surface area contributed by atoms with Crippen LogP contribution in [0.3, 0.4) is 0 Å². The largest absolute Gasteiger partial charge is 0.397 e. The molecule has 1 aliphatic carbocycles. The van der Waals surface area contributed by atoms with Gasteiger partial charge in [0.1, 0.15) is 0 Å². The van der Waals surface area contributed by atoms with Crippen LogP contribution in [0.15, 0.2) is 39.6 Å². The van der Waals surface area contributed by atoms with E-state index in [-0.39, 0.29) is 0 Å². The Morgan fingerprint density at radius 2 is 2.31 bits per heavy atom. The number of nitrogens with two attached hydrogens (primary N) is 1. The van der Waals surface area contributed by atoms with Crippen LogP contribution >= 0.6 is 11.6 Å². The van der Waals surface area contributed by atoms with Crippen LogP contribution in [0.2, 0.25) is 0 Å². The molecule has 0 spiro atoms. The van der Waals surface area contributed by atoms with Gasteiger partial charge in [0, 0.05) is 17.4 Å². The second-order valence-electron chi connectivity index (χ2n) is 2.80. The van der Waals surface area contributed by atoms with Gasteiger partial charge in [0.25, 0.3) is 0 Å². The smallest absolute Gasteiger partial charge is 0.0532 e. The number of aliphatic imine (C=N–C) groups is 1. The van der Waals surface area contributed by atoms with Gasteiger partial charge in [-0.1, -0.05) is 17.7 Å². The molecule has 2 nitrogen and oxygen atoms in total. The Bertz CT molecular complexity index is 298. The van der Waals surface area contributed by atoms with Crippen molar-refractivity contribution in [3.8, 4) is 0 Å². The standard InChI is InChI=1S/C10H13ClN2/c1-2-13-7-10(12)8-3-5-9(11)6-4-8/h2-3,5,7H,4,6,12H2,1H3/b10-7-,13-2?. The minimum atomic E-state index is 0.721. The van der Waals surface area contributed by atoms with Crippen LogP contribution in [-0.2, 0) is 0 Å². The fourth-order valence-corrected chi connectivity index (χ4v) is 1.25. The van der Waals surface area contributed by atoms with Gasteiger partial charge in [-0.05, 0) is 31.4 Å². The van der Waals surface area contributed by atoms with Gasteiger partial charge in [-0.2, -0.15) is 0 Å². The molecule has 13 heavy (non-hydrogen) atoms. The second-order valence-corrected chi connectivity index (χ2v) is 3.28. The highest BCUT2D eigenvalue weighted by atomic mass is 35.5. The van der Waals surface area contributed by atoms with Crippen molar-refractivity contribution in [2.24, 2.45) is 10.7 Å². The van der Waals surface area contributed by atoms with E-state index in [0.29, 0.717) is 0 Å². The average Bonchev–Trinajstić information content (AvgIpc) is 2.15. The molecule has 0 amide bonds. The van der Waals surface area contributed by atoms with Gasteiger partial charge in [-0.3, -0.25) is 4.99 Å². The maximum atomic E-state index is 5.82. The summed E-state index contributed by atoms with van der Waals surface area (Å²) in [4.78, 5) is 3.96. The van der Waals surface area contributed by atoms with Crippen molar-refractivity contribution >= 4 is 17.8 Å². The van der Waals surface area contributed by atoms with Gasteiger partial charge in [0.05, 0.1) is 5.70 Å². The monoisotopic (exact) mass is 196 g/mol. The number of hydrogen-bond donors (Lipinski definition) is 1. The van der Waals surface area contributed by atoms with Crippen molar-refractivity contribution in [2.45, 2.75) is 19.8 Å². The lowest BCUT2D eigenvalue weighted by molar-refractivity contribution is 0.946. The molecule has 0 unspecified atom stereocenters. The van der Waals surface area contributed by atoms with Crippen molar-refractivity contribution < 1.29 is 0 Å². The van der Waals surface area contributed by atoms with E-state index in [1.807, 2.05) is 19.1 Å². The maximum Gasteiger partial charge on any atom is 0.0532 e. The Balaban J connectivity index is 2.73. The SMILES string of the molecule is CC=N/C=C(\N)C1=CC=C(Cl)CC1. The van der Waals surface area contributed by atoms with Crippen molar-refractivity contribution in [3.63, 3.8) is 0 Å². The summed E-state index contributed by atoms with van der Waals surface area (Å²) in [5, 5.41) is 0.885. The molecule has 70 valence electrons. The van der Waals surface area contributed by atoms with E-state index in [0.717, 1.165) is 29.1 Å². The summed E-state index contributed by atoms with van der Waals surface area (Å²) in [7, 11) is 0. The lowest BCUT2D eigenvalue weighted by Crippen LogP contribution is -2.03. The Morgan fingerprint density at radius 3 is 2.85 bits per heavy atom. The molecule has 0 saturated carbocycles. The van der Waals surface area contributed by atoms with Gasteiger partial charge in [-0.25, -0.2) is 0 Å². The first-order chi connectivity index (χ1) is 6.24. The van der Waals surface area contributed by atoms with Gasteiger partial charge in [0.15, 0.2) is 0 Å². The van der Waals surface area contributed by atoms with E-state index in [1.54, 1.807) is 12.4 Å². The van der Waals surface area contributed by atoms with E-state index in [4.69, 9.17) is 17.3 Å². The first kappa shape index (κ1) is 10.1. The molecule has 1 aliphatic rings. The predicted octanol–water partition coefficient (Wildman–Crippen LogP) is 2.72. The van der Waals surface area contributed by atoms with Crippen LogP contribution in [0.1, 0.15) is 19.8 Å². The van der Waals surface area contributed by atoms with Crippen LogP contribution in [0.5, 0.6) is 0 Å². The number of halogens is 1. The molecule has 0 aliphatic heterocycles. The zero-order valence-electron chi connectivity index (χ0n) is 7.63. The third kappa shape index (κ3) is 3.07. The molecule has 0 fully saturated rings. The topological polar surface area (TPSA) is 38.4 Å². The molecule has 0 bridgehead atoms. The molecule has 0 aromatic rings. The summed E-state index contributed by atoms with van der Waals surface area (Å²) in [6, 6.07) is 0. The van der Waals surface area contributed by atoms with E-state index < -0.39 is 0 Å². The molecule has 0 atom stereocenters. The summed E-state index contributed by atoms with van der Waals surface area (Å²) in [6.45, 7) is 1.86. The van der Waals surface area contributed by atoms with E-state index >= 15 is 0 Å². The van der Waals surface area contributed by atoms with Crippen LogP contribution in [0, 0.1) is 0 Å². The van der Waals surface area contributed by atoms with Crippen molar-refractivity contribution in [1.29, 1.82) is 0 Å². The highest BCUT2D eigenvalue weighted by Gasteiger charge is 2.05. The minimum Gasteiger partial charge on any atom is -0.397 e. The van der Waals surface area contributed by atoms with Crippen molar-refractivity contribution in [3.05, 3.63) is 34.7 Å². The second kappa shape index (κ2) is 4.87. The number of hydrogen-bond acceptors (Lipinski definition) is 2. The Morgan fingerprint density at radius 1 is 1.54 bits per heavy atom. The van der Waals surface area contributed by atoms with E-state index in [2.05, 4.69) is 4.99 Å². The number of allylic oxidation sites excluding steroid dienone is 4. The van der Waals surface area contributed by atoms with Gasteiger partial charge in [0.2, 0.25) is 0 Å². The fourth-order valence-electron chi connectivity index (χ4n) is 1.09. The highest BCUT2D eigenvalue weighted by molar-refractivity contribution is 6.29. The molecule has 0 radical (unpaired) electrons. The molecular formula is C10H13ClN2. The summed E-state index contributed by atoms with van der Waals surface area (Å²) >= 11 is 5.82. The lowest BCUT2D eigenvalue weighted by atomic mass is 10.0. The quantitative estimate of drug-likeness (QED) is 0.678.